The van der Waals surface area contributed by atoms with Crippen LogP contribution >= 0.6 is 0 Å². The van der Waals surface area contributed by atoms with Crippen molar-refractivity contribution in [3.8, 4) is 0 Å². The number of hydrogen-bond donors (Lipinski definition) is 0. The van der Waals surface area contributed by atoms with Crippen LogP contribution in [0.4, 0.5) is 0 Å². The second kappa shape index (κ2) is 24.0. The molecule has 0 saturated carbocycles. The van der Waals surface area contributed by atoms with Crippen molar-refractivity contribution in [2.75, 3.05) is 0 Å². The maximum Gasteiger partial charge on any atom is -0.00326 e. The lowest BCUT2D eigenvalue weighted by Gasteiger charge is -2.43. The Balaban J connectivity index is -0.000000238. The van der Waals surface area contributed by atoms with Gasteiger partial charge in [-0.05, 0) is 69.4 Å². The van der Waals surface area contributed by atoms with Crippen molar-refractivity contribution in [3.05, 3.63) is 98.7 Å². The first-order valence-electron chi connectivity index (χ1n) is 10.7. The Morgan fingerprint density at radius 1 is 0.828 bits per heavy atom. The zero-order chi connectivity index (χ0) is 23.9. The minimum atomic E-state index is 0.111. The number of rotatable bonds is 4. The van der Waals surface area contributed by atoms with Crippen LogP contribution in [-0.2, 0) is 0 Å². The zero-order valence-electron chi connectivity index (χ0n) is 21.1. The van der Waals surface area contributed by atoms with Gasteiger partial charge in [0.05, 0.1) is 0 Å². The quantitative estimate of drug-likeness (QED) is 0.413. The highest BCUT2D eigenvalue weighted by Gasteiger charge is 2.39. The molecule has 166 valence electrons. The van der Waals surface area contributed by atoms with Gasteiger partial charge in [0.2, 0.25) is 0 Å². The average molecular weight is 399 g/mol. The standard InChI is InChI=1S/C18H26.C4H8.C3H6.C2H6.C2H4/c1-7-11-15-13-14(9-3)17(12-8-2)18(5,6)16(15)10-4;1-3-4-2;1-3-2;2*1-2/h7-12,14,17H,3-4,13H2,1-2,5-6H3;3-4H,1-2H3;3H,1H2,2H3;1-2H3;1-2H2/b11-7-,12-8-;4-3-;;;. The van der Waals surface area contributed by atoms with Crippen LogP contribution in [0.3, 0.4) is 0 Å². The van der Waals surface area contributed by atoms with E-state index in [-0.39, 0.29) is 5.41 Å². The highest BCUT2D eigenvalue weighted by Crippen LogP contribution is 2.49. The van der Waals surface area contributed by atoms with Crippen LogP contribution in [0.5, 0.6) is 0 Å². The molecule has 0 N–H and O–H groups in total. The monoisotopic (exact) mass is 398 g/mol. The summed E-state index contributed by atoms with van der Waals surface area (Å²) in [5.41, 5.74) is 2.89. The minimum Gasteiger partial charge on any atom is -0.106 e. The van der Waals surface area contributed by atoms with Crippen LogP contribution in [0.25, 0.3) is 0 Å². The zero-order valence-corrected chi connectivity index (χ0v) is 21.1. The molecule has 0 aromatic rings. The molecular weight excluding hydrogens is 348 g/mol. The maximum atomic E-state index is 4.02. The Bertz CT molecular complexity index is 516. The van der Waals surface area contributed by atoms with E-state index in [9.17, 15) is 0 Å². The fourth-order valence-corrected chi connectivity index (χ4v) is 3.19. The maximum absolute atomic E-state index is 4.02. The highest BCUT2D eigenvalue weighted by molar-refractivity contribution is 5.41. The molecule has 2 atom stereocenters. The van der Waals surface area contributed by atoms with Crippen molar-refractivity contribution in [2.24, 2.45) is 17.3 Å². The van der Waals surface area contributed by atoms with E-state index >= 15 is 0 Å². The van der Waals surface area contributed by atoms with Gasteiger partial charge in [0.15, 0.2) is 0 Å². The first-order valence-corrected chi connectivity index (χ1v) is 10.7. The van der Waals surface area contributed by atoms with E-state index in [1.807, 2.05) is 52.8 Å². The molecule has 0 aliphatic heterocycles. The molecule has 0 aromatic heterocycles. The van der Waals surface area contributed by atoms with Crippen LogP contribution < -0.4 is 0 Å². The summed E-state index contributed by atoms with van der Waals surface area (Å²) >= 11 is 0. The Labute approximate surface area is 184 Å². The fourth-order valence-electron chi connectivity index (χ4n) is 3.19. The van der Waals surface area contributed by atoms with Crippen molar-refractivity contribution in [3.63, 3.8) is 0 Å². The third kappa shape index (κ3) is 13.7. The van der Waals surface area contributed by atoms with Crippen molar-refractivity contribution in [1.82, 2.24) is 0 Å². The Hall–Kier alpha value is -2.08. The molecule has 29 heavy (non-hydrogen) atoms. The molecule has 0 aromatic carbocycles. The van der Waals surface area contributed by atoms with Crippen LogP contribution in [-0.4, -0.2) is 0 Å². The lowest BCUT2D eigenvalue weighted by Crippen LogP contribution is -2.34. The van der Waals surface area contributed by atoms with Crippen LogP contribution in [0.2, 0.25) is 0 Å². The van der Waals surface area contributed by atoms with Crippen molar-refractivity contribution < 1.29 is 0 Å². The van der Waals surface area contributed by atoms with Gasteiger partial charge in [-0.2, -0.15) is 0 Å². The Morgan fingerprint density at radius 3 is 1.55 bits per heavy atom. The molecule has 1 aliphatic carbocycles. The minimum absolute atomic E-state index is 0.111. The normalized spacial score (nSPS) is 19.5. The molecule has 0 amide bonds. The molecule has 0 radical (unpaired) electrons. The van der Waals surface area contributed by atoms with E-state index in [4.69, 9.17) is 0 Å². The van der Waals surface area contributed by atoms with Crippen molar-refractivity contribution in [2.45, 2.75) is 68.7 Å². The smallest absolute Gasteiger partial charge is 0.00326 e. The molecule has 0 saturated heterocycles. The molecule has 0 spiro atoms. The summed E-state index contributed by atoms with van der Waals surface area (Å²) in [6, 6.07) is 0. The summed E-state index contributed by atoms with van der Waals surface area (Å²) < 4.78 is 0. The molecule has 0 fully saturated rings. The van der Waals surface area contributed by atoms with Gasteiger partial charge in [0.25, 0.3) is 0 Å². The SMILES string of the molecule is C/C=C\C.C=C.C=CC.C=CC1=C(/C=C\C)CC(C=C)C(/C=C\C)C1(C)C.CC. The highest BCUT2D eigenvalue weighted by atomic mass is 14.4. The lowest BCUT2D eigenvalue weighted by atomic mass is 9.60. The molecule has 0 bridgehead atoms. The molecule has 1 aliphatic rings. The summed E-state index contributed by atoms with van der Waals surface area (Å²) in [4.78, 5) is 0. The van der Waals surface area contributed by atoms with Crippen LogP contribution in [0.15, 0.2) is 98.7 Å². The summed E-state index contributed by atoms with van der Waals surface area (Å²) in [6.45, 7) is 36.1. The summed E-state index contributed by atoms with van der Waals surface area (Å²) in [7, 11) is 0. The summed E-state index contributed by atoms with van der Waals surface area (Å²) in [6.07, 6.45) is 19.8. The van der Waals surface area contributed by atoms with E-state index in [0.717, 1.165) is 6.42 Å². The van der Waals surface area contributed by atoms with E-state index in [0.29, 0.717) is 11.8 Å². The molecule has 1 rings (SSSR count). The van der Waals surface area contributed by atoms with Crippen LogP contribution in [0, 0.1) is 17.3 Å². The second-order valence-electron chi connectivity index (χ2n) is 6.59. The topological polar surface area (TPSA) is 0 Å². The van der Waals surface area contributed by atoms with E-state index in [1.54, 1.807) is 6.08 Å². The van der Waals surface area contributed by atoms with Gasteiger partial charge in [-0.15, -0.1) is 26.3 Å². The first-order chi connectivity index (χ1) is 13.9. The average Bonchev–Trinajstić information content (AvgIpc) is 2.73. The molecule has 0 heteroatoms. The summed E-state index contributed by atoms with van der Waals surface area (Å²) in [5.74, 6) is 1.01. The van der Waals surface area contributed by atoms with E-state index in [2.05, 4.69) is 91.0 Å². The lowest BCUT2D eigenvalue weighted by molar-refractivity contribution is 0.241. The van der Waals surface area contributed by atoms with Crippen molar-refractivity contribution >= 4 is 0 Å². The van der Waals surface area contributed by atoms with Crippen molar-refractivity contribution in [1.29, 1.82) is 0 Å². The van der Waals surface area contributed by atoms with Gasteiger partial charge >= 0.3 is 0 Å². The van der Waals surface area contributed by atoms with Crippen LogP contribution in [0.1, 0.15) is 68.7 Å². The Morgan fingerprint density at radius 2 is 1.28 bits per heavy atom. The second-order valence-corrected chi connectivity index (χ2v) is 6.59. The third-order valence-electron chi connectivity index (χ3n) is 4.40. The number of allylic oxidation sites excluding steroid dienone is 11. The molecule has 2 unspecified atom stereocenters. The molecule has 0 heterocycles. The predicted molar refractivity (Wildman–Crippen MR) is 141 cm³/mol. The molecule has 0 nitrogen and oxygen atoms in total. The van der Waals surface area contributed by atoms with E-state index < -0.39 is 0 Å². The van der Waals surface area contributed by atoms with Gasteiger partial charge in [-0.1, -0.05) is 89.0 Å². The first kappa shape index (κ1) is 34.4. The third-order valence-corrected chi connectivity index (χ3v) is 4.40. The number of hydrogen-bond acceptors (Lipinski definition) is 0. The van der Waals surface area contributed by atoms with Gasteiger partial charge < -0.3 is 0 Å². The van der Waals surface area contributed by atoms with E-state index in [1.165, 1.54) is 11.1 Å². The van der Waals surface area contributed by atoms with Gasteiger partial charge in [0, 0.05) is 0 Å². The summed E-state index contributed by atoms with van der Waals surface area (Å²) in [5, 5.41) is 0. The van der Waals surface area contributed by atoms with Gasteiger partial charge in [-0.3, -0.25) is 0 Å². The molecular formula is C29H50. The Kier molecular flexibility index (Phi) is 28.4. The van der Waals surface area contributed by atoms with Gasteiger partial charge in [-0.25, -0.2) is 0 Å². The fraction of sp³-hybridized carbons (Fsp3) is 0.448. The van der Waals surface area contributed by atoms with Gasteiger partial charge in [0.1, 0.15) is 0 Å². The predicted octanol–water partition coefficient (Wildman–Crippen LogP) is 10.1. The largest absolute Gasteiger partial charge is 0.106 e.